The number of likely N-dealkylation sites (tertiary alicyclic amines) is 1. The SMILES string of the molecule is Fc1ccc(-n2c(-c3ccncc3)nn(CN3CCCC4CCCCC43)c2=S)cc1. The maximum Gasteiger partial charge on any atom is 0.204 e. The summed E-state index contributed by atoms with van der Waals surface area (Å²) in [6.07, 6.45) is 11.4. The number of hydrogen-bond acceptors (Lipinski definition) is 4. The average Bonchev–Trinajstić information content (AvgIpc) is 3.11. The van der Waals surface area contributed by atoms with Crippen molar-refractivity contribution >= 4 is 12.2 Å². The zero-order chi connectivity index (χ0) is 20.5. The highest BCUT2D eigenvalue weighted by atomic mass is 32.1. The van der Waals surface area contributed by atoms with Crippen molar-refractivity contribution in [3.8, 4) is 17.1 Å². The second-order valence-electron chi connectivity index (χ2n) is 8.36. The Bertz CT molecular complexity index is 1060. The van der Waals surface area contributed by atoms with Gasteiger partial charge in [0.05, 0.1) is 12.4 Å². The lowest BCUT2D eigenvalue weighted by molar-refractivity contribution is 0.0324. The average molecular weight is 424 g/mol. The van der Waals surface area contributed by atoms with Crippen LogP contribution in [-0.2, 0) is 6.67 Å². The summed E-state index contributed by atoms with van der Waals surface area (Å²) in [5.74, 6) is 1.30. The number of hydrogen-bond donors (Lipinski definition) is 0. The third-order valence-electron chi connectivity index (χ3n) is 6.54. The summed E-state index contributed by atoms with van der Waals surface area (Å²) in [4.78, 5) is 6.70. The second kappa shape index (κ2) is 8.40. The molecule has 0 amide bonds. The van der Waals surface area contributed by atoms with Crippen molar-refractivity contribution in [2.45, 2.75) is 51.2 Å². The van der Waals surface area contributed by atoms with Gasteiger partial charge in [0.2, 0.25) is 4.77 Å². The number of aromatic nitrogens is 4. The summed E-state index contributed by atoms with van der Waals surface area (Å²) in [5, 5.41) is 4.92. The van der Waals surface area contributed by atoms with Gasteiger partial charge in [0.25, 0.3) is 0 Å². The molecule has 1 aliphatic carbocycles. The lowest BCUT2D eigenvalue weighted by Crippen LogP contribution is -2.47. The van der Waals surface area contributed by atoms with Crippen molar-refractivity contribution in [3.63, 3.8) is 0 Å². The Kier molecular flexibility index (Phi) is 5.48. The summed E-state index contributed by atoms with van der Waals surface area (Å²) in [6, 6.07) is 10.9. The van der Waals surface area contributed by atoms with Crippen LogP contribution in [0.25, 0.3) is 17.1 Å². The molecule has 2 atom stereocenters. The minimum Gasteiger partial charge on any atom is -0.281 e. The summed E-state index contributed by atoms with van der Waals surface area (Å²) in [6.45, 7) is 1.79. The van der Waals surface area contributed by atoms with Gasteiger partial charge in [-0.1, -0.05) is 12.8 Å². The number of benzene rings is 1. The fraction of sp³-hybridized carbons (Fsp3) is 0.435. The zero-order valence-corrected chi connectivity index (χ0v) is 17.8. The highest BCUT2D eigenvalue weighted by Crippen LogP contribution is 2.35. The van der Waals surface area contributed by atoms with E-state index < -0.39 is 0 Å². The maximum atomic E-state index is 13.5. The van der Waals surface area contributed by atoms with Crippen molar-refractivity contribution in [3.05, 3.63) is 59.4 Å². The van der Waals surface area contributed by atoms with Crippen LogP contribution >= 0.6 is 12.2 Å². The molecule has 1 aromatic carbocycles. The first-order valence-electron chi connectivity index (χ1n) is 10.8. The van der Waals surface area contributed by atoms with Crippen LogP contribution in [0, 0.1) is 16.5 Å². The van der Waals surface area contributed by atoms with E-state index in [1.54, 1.807) is 24.5 Å². The predicted molar refractivity (Wildman–Crippen MR) is 117 cm³/mol. The number of piperidine rings is 1. The van der Waals surface area contributed by atoms with E-state index in [1.165, 1.54) is 50.7 Å². The van der Waals surface area contributed by atoms with E-state index in [0.717, 1.165) is 29.5 Å². The number of halogens is 1. The summed E-state index contributed by atoms with van der Waals surface area (Å²) < 4.78 is 18.0. The van der Waals surface area contributed by atoms with E-state index in [2.05, 4.69) is 9.88 Å². The van der Waals surface area contributed by atoms with Gasteiger partial charge in [-0.3, -0.25) is 14.5 Å². The Morgan fingerprint density at radius 2 is 1.70 bits per heavy atom. The molecule has 1 saturated heterocycles. The molecule has 156 valence electrons. The summed E-state index contributed by atoms with van der Waals surface area (Å²) >= 11 is 5.87. The topological polar surface area (TPSA) is 38.9 Å². The van der Waals surface area contributed by atoms with Crippen LogP contribution < -0.4 is 0 Å². The highest BCUT2D eigenvalue weighted by Gasteiger charge is 2.33. The standard InChI is InChI=1S/C23H26FN5S/c24-19-7-9-20(10-8-19)29-22(18-11-13-25-14-12-18)26-28(23(29)30)16-27-15-3-5-17-4-1-2-6-21(17)27/h7-14,17,21H,1-6,15-16H2. The monoisotopic (exact) mass is 423 g/mol. The van der Waals surface area contributed by atoms with Gasteiger partial charge in [-0.25, -0.2) is 9.07 Å². The first-order chi connectivity index (χ1) is 14.7. The third kappa shape index (κ3) is 3.72. The van der Waals surface area contributed by atoms with Gasteiger partial charge in [0.1, 0.15) is 5.82 Å². The molecule has 2 unspecified atom stereocenters. The lowest BCUT2D eigenvalue weighted by atomic mass is 9.78. The van der Waals surface area contributed by atoms with E-state index in [4.69, 9.17) is 17.3 Å². The highest BCUT2D eigenvalue weighted by molar-refractivity contribution is 7.71. The number of pyridine rings is 1. The van der Waals surface area contributed by atoms with E-state index in [1.807, 2.05) is 21.4 Å². The Morgan fingerprint density at radius 3 is 2.50 bits per heavy atom. The molecule has 0 spiro atoms. The number of rotatable bonds is 4. The lowest BCUT2D eigenvalue weighted by Gasteiger charge is -2.43. The predicted octanol–water partition coefficient (Wildman–Crippen LogP) is 5.22. The van der Waals surface area contributed by atoms with E-state index >= 15 is 0 Å². The molecular formula is C23H26FN5S. The molecule has 1 aliphatic heterocycles. The van der Waals surface area contributed by atoms with Gasteiger partial charge >= 0.3 is 0 Å². The molecule has 3 heterocycles. The Labute approximate surface area is 181 Å². The quantitative estimate of drug-likeness (QED) is 0.540. The molecule has 0 bridgehead atoms. The molecule has 0 radical (unpaired) electrons. The van der Waals surface area contributed by atoms with Crippen LogP contribution in [0.1, 0.15) is 38.5 Å². The van der Waals surface area contributed by atoms with Crippen molar-refractivity contribution in [2.75, 3.05) is 6.54 Å². The molecule has 2 aliphatic rings. The van der Waals surface area contributed by atoms with Gasteiger partial charge in [0.15, 0.2) is 5.82 Å². The van der Waals surface area contributed by atoms with Gasteiger partial charge in [0, 0.05) is 30.5 Å². The van der Waals surface area contributed by atoms with E-state index in [9.17, 15) is 4.39 Å². The molecule has 7 heteroatoms. The zero-order valence-electron chi connectivity index (χ0n) is 17.0. The molecule has 2 aromatic heterocycles. The minimum absolute atomic E-state index is 0.264. The van der Waals surface area contributed by atoms with Crippen LogP contribution in [0.4, 0.5) is 4.39 Å². The van der Waals surface area contributed by atoms with Crippen LogP contribution in [0.5, 0.6) is 0 Å². The largest absolute Gasteiger partial charge is 0.281 e. The molecule has 5 nitrogen and oxygen atoms in total. The second-order valence-corrected chi connectivity index (χ2v) is 8.73. The molecule has 3 aromatic rings. The Balaban J connectivity index is 1.54. The first kappa shape index (κ1) is 19.6. The number of nitrogens with zero attached hydrogens (tertiary/aromatic N) is 5. The molecule has 2 fully saturated rings. The molecule has 1 saturated carbocycles. The van der Waals surface area contributed by atoms with Crippen LogP contribution in [-0.4, -0.2) is 36.8 Å². The molecule has 0 N–H and O–H groups in total. The third-order valence-corrected chi connectivity index (χ3v) is 6.93. The van der Waals surface area contributed by atoms with Crippen molar-refractivity contribution in [1.82, 2.24) is 24.2 Å². The van der Waals surface area contributed by atoms with Gasteiger partial charge in [-0.05, 0) is 80.2 Å². The van der Waals surface area contributed by atoms with Gasteiger partial charge in [-0.2, -0.15) is 0 Å². The van der Waals surface area contributed by atoms with Crippen molar-refractivity contribution in [1.29, 1.82) is 0 Å². The minimum atomic E-state index is -0.264. The van der Waals surface area contributed by atoms with Gasteiger partial charge < -0.3 is 0 Å². The summed E-state index contributed by atoms with van der Waals surface area (Å²) in [5.41, 5.74) is 1.75. The van der Waals surface area contributed by atoms with Crippen LogP contribution in [0.3, 0.4) is 0 Å². The van der Waals surface area contributed by atoms with Gasteiger partial charge in [-0.15, -0.1) is 5.10 Å². The molecule has 30 heavy (non-hydrogen) atoms. The van der Waals surface area contributed by atoms with Crippen molar-refractivity contribution in [2.24, 2.45) is 5.92 Å². The molecular weight excluding hydrogens is 397 g/mol. The Hall–Kier alpha value is -2.38. The summed E-state index contributed by atoms with van der Waals surface area (Å²) in [7, 11) is 0. The Morgan fingerprint density at radius 1 is 0.967 bits per heavy atom. The first-order valence-corrected chi connectivity index (χ1v) is 11.2. The van der Waals surface area contributed by atoms with Crippen LogP contribution in [0.2, 0.25) is 0 Å². The normalized spacial score (nSPS) is 22.0. The van der Waals surface area contributed by atoms with E-state index in [-0.39, 0.29) is 5.82 Å². The number of fused-ring (bicyclic) bond motifs is 1. The fourth-order valence-corrected chi connectivity index (χ4v) is 5.38. The van der Waals surface area contributed by atoms with Crippen molar-refractivity contribution < 1.29 is 4.39 Å². The van der Waals surface area contributed by atoms with E-state index in [0.29, 0.717) is 17.5 Å². The fourth-order valence-electron chi connectivity index (χ4n) is 5.09. The molecule has 5 rings (SSSR count). The smallest absolute Gasteiger partial charge is 0.204 e. The maximum absolute atomic E-state index is 13.5. The van der Waals surface area contributed by atoms with Crippen LogP contribution in [0.15, 0.2) is 48.8 Å².